The zero-order valence-electron chi connectivity index (χ0n) is 11.6. The van der Waals surface area contributed by atoms with Crippen molar-refractivity contribution in [1.29, 1.82) is 0 Å². The summed E-state index contributed by atoms with van der Waals surface area (Å²) in [6.07, 6.45) is 0.820. The number of nitrogens with zero attached hydrogens (tertiary/aromatic N) is 1. The molecule has 0 saturated heterocycles. The van der Waals surface area contributed by atoms with Crippen LogP contribution in [0, 0.1) is 10.1 Å². The number of benzene rings is 2. The summed E-state index contributed by atoms with van der Waals surface area (Å²) in [5.74, 6) is 0.933. The van der Waals surface area contributed by atoms with Gasteiger partial charge in [-0.3, -0.25) is 10.1 Å². The fraction of sp³-hybridized carbons (Fsp3) is 0.200. The molecule has 0 radical (unpaired) electrons. The van der Waals surface area contributed by atoms with Crippen molar-refractivity contribution in [3.8, 4) is 11.5 Å². The summed E-state index contributed by atoms with van der Waals surface area (Å²) in [4.78, 5) is 10.3. The van der Waals surface area contributed by atoms with Crippen LogP contribution in [-0.2, 0) is 11.2 Å². The number of hydrogen-bond donors (Lipinski definition) is 1. The minimum absolute atomic E-state index is 0.0956. The van der Waals surface area contributed by atoms with Crippen LogP contribution < -0.4 is 10.5 Å². The highest BCUT2D eigenvalue weighted by Gasteiger charge is 2.10. The normalized spacial score (nSPS) is 10.3. The number of nitro benzene ring substituents is 1. The number of methoxy groups -OCH3 is 1. The smallest absolute Gasteiger partial charge is 0.275 e. The van der Waals surface area contributed by atoms with E-state index in [0.717, 1.165) is 12.0 Å². The maximum absolute atomic E-state index is 10.8. The summed E-state index contributed by atoms with van der Waals surface area (Å²) in [7, 11) is 1.66. The Morgan fingerprint density at radius 3 is 2.48 bits per heavy atom. The van der Waals surface area contributed by atoms with E-state index in [4.69, 9.17) is 15.2 Å². The molecular weight excluding hydrogens is 272 g/mol. The Hall–Kier alpha value is -2.60. The molecule has 0 aliphatic rings. The summed E-state index contributed by atoms with van der Waals surface area (Å²) >= 11 is 0. The van der Waals surface area contributed by atoms with Crippen LogP contribution >= 0.6 is 0 Å². The predicted molar refractivity (Wildman–Crippen MR) is 79.6 cm³/mol. The zero-order chi connectivity index (χ0) is 15.2. The van der Waals surface area contributed by atoms with Crippen molar-refractivity contribution in [3.05, 3.63) is 58.1 Å². The molecule has 2 rings (SSSR count). The number of rotatable bonds is 6. The Morgan fingerprint density at radius 1 is 1.14 bits per heavy atom. The maximum Gasteiger partial charge on any atom is 0.275 e. The fourth-order valence-corrected chi connectivity index (χ4v) is 1.85. The molecule has 0 amide bonds. The lowest BCUT2D eigenvalue weighted by Crippen LogP contribution is -1.95. The van der Waals surface area contributed by atoms with Crippen molar-refractivity contribution in [3.63, 3.8) is 0 Å². The van der Waals surface area contributed by atoms with Crippen molar-refractivity contribution < 1.29 is 14.4 Å². The van der Waals surface area contributed by atoms with Gasteiger partial charge in [-0.15, -0.1) is 0 Å². The standard InChI is InChI=1S/C15H16N2O4/c1-20-7-6-11-2-4-14(5-3-11)21-15-9-12(16)8-13(10-15)17(18)19/h2-5,8-10H,6-7,16H2,1H3. The second-order valence-electron chi connectivity index (χ2n) is 4.51. The van der Waals surface area contributed by atoms with Crippen LogP contribution in [0.5, 0.6) is 11.5 Å². The molecule has 0 fully saturated rings. The summed E-state index contributed by atoms with van der Waals surface area (Å²) < 4.78 is 10.6. The largest absolute Gasteiger partial charge is 0.457 e. The van der Waals surface area contributed by atoms with E-state index >= 15 is 0 Å². The molecular formula is C15H16N2O4. The Bertz CT molecular complexity index is 626. The first-order valence-corrected chi connectivity index (χ1v) is 6.39. The van der Waals surface area contributed by atoms with E-state index in [9.17, 15) is 10.1 Å². The zero-order valence-corrected chi connectivity index (χ0v) is 11.6. The third kappa shape index (κ3) is 4.19. The van der Waals surface area contributed by atoms with E-state index < -0.39 is 4.92 Å². The quantitative estimate of drug-likeness (QED) is 0.501. The number of non-ortho nitro benzene ring substituents is 1. The molecule has 0 aromatic heterocycles. The second kappa shape index (κ2) is 6.71. The summed E-state index contributed by atoms with van der Waals surface area (Å²) in [6, 6.07) is 11.6. The number of hydrogen-bond acceptors (Lipinski definition) is 5. The van der Waals surface area contributed by atoms with E-state index in [1.165, 1.54) is 12.1 Å². The molecule has 0 aliphatic carbocycles. The minimum Gasteiger partial charge on any atom is -0.457 e. The average Bonchev–Trinajstić information content (AvgIpc) is 2.46. The Kier molecular flexibility index (Phi) is 4.73. The van der Waals surface area contributed by atoms with Crippen molar-refractivity contribution in [2.75, 3.05) is 19.5 Å². The molecule has 2 aromatic carbocycles. The molecule has 0 saturated carbocycles. The van der Waals surface area contributed by atoms with E-state index in [1.807, 2.05) is 12.1 Å². The summed E-state index contributed by atoms with van der Waals surface area (Å²) in [6.45, 7) is 0.654. The summed E-state index contributed by atoms with van der Waals surface area (Å²) in [5.41, 5.74) is 6.95. The van der Waals surface area contributed by atoms with Crippen LogP contribution in [0.4, 0.5) is 11.4 Å². The third-order valence-electron chi connectivity index (χ3n) is 2.88. The van der Waals surface area contributed by atoms with Gasteiger partial charge in [-0.05, 0) is 24.1 Å². The van der Waals surface area contributed by atoms with Gasteiger partial charge in [0.25, 0.3) is 5.69 Å². The van der Waals surface area contributed by atoms with Gasteiger partial charge in [-0.25, -0.2) is 0 Å². The monoisotopic (exact) mass is 288 g/mol. The molecule has 0 heterocycles. The van der Waals surface area contributed by atoms with Crippen LogP contribution in [0.25, 0.3) is 0 Å². The molecule has 6 heteroatoms. The molecule has 0 aliphatic heterocycles. The van der Waals surface area contributed by atoms with Gasteiger partial charge in [0.15, 0.2) is 0 Å². The minimum atomic E-state index is -0.503. The number of nitrogens with two attached hydrogens (primary N) is 1. The first kappa shape index (κ1) is 14.8. The first-order chi connectivity index (χ1) is 10.1. The highest BCUT2D eigenvalue weighted by Crippen LogP contribution is 2.28. The van der Waals surface area contributed by atoms with Crippen LogP contribution in [0.1, 0.15) is 5.56 Å². The van der Waals surface area contributed by atoms with Crippen LogP contribution in [0.2, 0.25) is 0 Å². The Balaban J connectivity index is 2.12. The fourth-order valence-electron chi connectivity index (χ4n) is 1.85. The average molecular weight is 288 g/mol. The topological polar surface area (TPSA) is 87.6 Å². The van der Waals surface area contributed by atoms with Crippen molar-refractivity contribution in [2.45, 2.75) is 6.42 Å². The SMILES string of the molecule is COCCc1ccc(Oc2cc(N)cc([N+](=O)[O-])c2)cc1. The molecule has 0 bridgehead atoms. The molecule has 21 heavy (non-hydrogen) atoms. The number of nitrogen functional groups attached to an aromatic ring is 1. The highest BCUT2D eigenvalue weighted by molar-refractivity contribution is 5.54. The predicted octanol–water partition coefficient (Wildman–Crippen LogP) is 3.16. The molecule has 110 valence electrons. The Labute approximate surface area is 122 Å². The van der Waals surface area contributed by atoms with Gasteiger partial charge in [0, 0.05) is 24.9 Å². The highest BCUT2D eigenvalue weighted by atomic mass is 16.6. The van der Waals surface area contributed by atoms with Crippen LogP contribution in [0.15, 0.2) is 42.5 Å². The molecule has 6 nitrogen and oxygen atoms in total. The molecule has 2 N–H and O–H groups in total. The molecule has 0 spiro atoms. The van der Waals surface area contributed by atoms with Gasteiger partial charge in [-0.1, -0.05) is 12.1 Å². The van der Waals surface area contributed by atoms with E-state index in [2.05, 4.69) is 0 Å². The van der Waals surface area contributed by atoms with Gasteiger partial charge >= 0.3 is 0 Å². The van der Waals surface area contributed by atoms with Crippen LogP contribution in [-0.4, -0.2) is 18.6 Å². The third-order valence-corrected chi connectivity index (χ3v) is 2.88. The van der Waals surface area contributed by atoms with Crippen molar-refractivity contribution in [2.24, 2.45) is 0 Å². The maximum atomic E-state index is 10.8. The summed E-state index contributed by atoms with van der Waals surface area (Å²) in [5, 5.41) is 10.8. The van der Waals surface area contributed by atoms with Gasteiger partial charge in [-0.2, -0.15) is 0 Å². The van der Waals surface area contributed by atoms with E-state index in [1.54, 1.807) is 25.3 Å². The van der Waals surface area contributed by atoms with Gasteiger partial charge in [0.1, 0.15) is 11.5 Å². The molecule has 0 unspecified atom stereocenters. The van der Waals surface area contributed by atoms with E-state index in [-0.39, 0.29) is 11.4 Å². The lowest BCUT2D eigenvalue weighted by Gasteiger charge is -2.07. The van der Waals surface area contributed by atoms with Gasteiger partial charge in [0.05, 0.1) is 17.6 Å². The van der Waals surface area contributed by atoms with Gasteiger partial charge in [0.2, 0.25) is 0 Å². The molecule has 0 atom stereocenters. The van der Waals surface area contributed by atoms with E-state index in [0.29, 0.717) is 18.1 Å². The molecule has 2 aromatic rings. The van der Waals surface area contributed by atoms with Gasteiger partial charge < -0.3 is 15.2 Å². The first-order valence-electron chi connectivity index (χ1n) is 6.39. The van der Waals surface area contributed by atoms with Crippen molar-refractivity contribution >= 4 is 11.4 Å². The van der Waals surface area contributed by atoms with Crippen LogP contribution in [0.3, 0.4) is 0 Å². The Morgan fingerprint density at radius 2 is 1.86 bits per heavy atom. The number of ether oxygens (including phenoxy) is 2. The lowest BCUT2D eigenvalue weighted by atomic mass is 10.1. The number of nitro groups is 1. The second-order valence-corrected chi connectivity index (χ2v) is 4.51. The number of anilines is 1. The van der Waals surface area contributed by atoms with Crippen molar-refractivity contribution in [1.82, 2.24) is 0 Å². The lowest BCUT2D eigenvalue weighted by molar-refractivity contribution is -0.384.